The van der Waals surface area contributed by atoms with E-state index < -0.39 is 15.8 Å². The highest BCUT2D eigenvalue weighted by atomic mass is 32.2. The van der Waals surface area contributed by atoms with E-state index in [0.29, 0.717) is 56.1 Å². The van der Waals surface area contributed by atoms with Crippen molar-refractivity contribution >= 4 is 21.6 Å². The van der Waals surface area contributed by atoms with E-state index in [2.05, 4.69) is 4.72 Å². The molecule has 2 aliphatic heterocycles. The average Bonchev–Trinajstić information content (AvgIpc) is 3.22. The fourth-order valence-electron chi connectivity index (χ4n) is 3.75. The van der Waals surface area contributed by atoms with Gasteiger partial charge < -0.3 is 19.1 Å². The molecule has 2 saturated heterocycles. The van der Waals surface area contributed by atoms with Gasteiger partial charge in [-0.3, -0.25) is 9.52 Å². The maximum Gasteiger partial charge on any atom is 0.262 e. The van der Waals surface area contributed by atoms with Crippen molar-refractivity contribution in [3.05, 3.63) is 54.1 Å². The SMILES string of the molecule is COc1ccccc1NS(=O)(=O)c1cccc(C(=O)N2CCC3(CC2)OCCO3)c1. The van der Waals surface area contributed by atoms with Crippen LogP contribution in [0.2, 0.25) is 0 Å². The Morgan fingerprint density at radius 1 is 1.07 bits per heavy atom. The third kappa shape index (κ3) is 4.14. The number of hydrogen-bond donors (Lipinski definition) is 1. The number of benzene rings is 2. The number of ether oxygens (including phenoxy) is 3. The van der Waals surface area contributed by atoms with E-state index >= 15 is 0 Å². The lowest BCUT2D eigenvalue weighted by atomic mass is 10.0. The molecule has 1 spiro atoms. The minimum absolute atomic E-state index is 0.00944. The molecule has 0 aromatic heterocycles. The zero-order valence-electron chi connectivity index (χ0n) is 16.7. The first kappa shape index (κ1) is 20.6. The lowest BCUT2D eigenvalue weighted by Gasteiger charge is -2.37. The number of para-hydroxylation sites is 2. The third-order valence-corrected chi connectivity index (χ3v) is 6.73. The van der Waals surface area contributed by atoms with E-state index in [1.807, 2.05) is 0 Å². The topological polar surface area (TPSA) is 94.2 Å². The fourth-order valence-corrected chi connectivity index (χ4v) is 4.86. The molecule has 0 radical (unpaired) electrons. The van der Waals surface area contributed by atoms with Crippen molar-refractivity contribution < 1.29 is 27.4 Å². The number of anilines is 1. The Hall–Kier alpha value is -2.62. The number of piperidine rings is 1. The molecule has 0 aliphatic carbocycles. The van der Waals surface area contributed by atoms with Crippen molar-refractivity contribution in [2.45, 2.75) is 23.5 Å². The van der Waals surface area contributed by atoms with Crippen molar-refractivity contribution in [2.75, 3.05) is 38.1 Å². The molecule has 0 bridgehead atoms. The highest BCUT2D eigenvalue weighted by molar-refractivity contribution is 7.92. The lowest BCUT2D eigenvalue weighted by molar-refractivity contribution is -0.181. The normalized spacial score (nSPS) is 18.4. The summed E-state index contributed by atoms with van der Waals surface area (Å²) >= 11 is 0. The molecule has 2 aromatic carbocycles. The van der Waals surface area contributed by atoms with E-state index in [-0.39, 0.29) is 10.8 Å². The second-order valence-corrected chi connectivity index (χ2v) is 8.92. The van der Waals surface area contributed by atoms with Gasteiger partial charge >= 0.3 is 0 Å². The molecular weight excluding hydrogens is 408 g/mol. The molecule has 8 nitrogen and oxygen atoms in total. The van der Waals surface area contributed by atoms with E-state index in [4.69, 9.17) is 14.2 Å². The van der Waals surface area contributed by atoms with Crippen molar-refractivity contribution in [1.82, 2.24) is 4.90 Å². The molecule has 1 amide bonds. The number of nitrogens with zero attached hydrogens (tertiary/aromatic N) is 1. The Balaban J connectivity index is 1.50. The molecule has 160 valence electrons. The Labute approximate surface area is 175 Å². The van der Waals surface area contributed by atoms with Crippen LogP contribution in [0.25, 0.3) is 0 Å². The summed E-state index contributed by atoms with van der Waals surface area (Å²) in [6.45, 7) is 2.14. The summed E-state index contributed by atoms with van der Waals surface area (Å²) in [5, 5.41) is 0. The minimum Gasteiger partial charge on any atom is -0.495 e. The third-order valence-electron chi connectivity index (χ3n) is 5.37. The Morgan fingerprint density at radius 3 is 2.47 bits per heavy atom. The van der Waals surface area contributed by atoms with Gasteiger partial charge in [0.15, 0.2) is 5.79 Å². The number of sulfonamides is 1. The monoisotopic (exact) mass is 432 g/mol. The molecule has 0 atom stereocenters. The number of likely N-dealkylation sites (tertiary alicyclic amines) is 1. The fraction of sp³-hybridized carbons (Fsp3) is 0.381. The Bertz CT molecular complexity index is 1020. The van der Waals surface area contributed by atoms with E-state index in [0.717, 1.165) is 0 Å². The van der Waals surface area contributed by atoms with Crippen LogP contribution in [0.1, 0.15) is 23.2 Å². The number of nitrogens with one attached hydrogen (secondary N) is 1. The van der Waals surface area contributed by atoms with Gasteiger partial charge in [0.1, 0.15) is 5.75 Å². The van der Waals surface area contributed by atoms with Gasteiger partial charge in [-0.2, -0.15) is 0 Å². The molecule has 2 fully saturated rings. The van der Waals surface area contributed by atoms with Crippen LogP contribution in [0, 0.1) is 0 Å². The van der Waals surface area contributed by atoms with Gasteiger partial charge in [0.05, 0.1) is 30.9 Å². The second kappa shape index (κ2) is 8.25. The predicted octanol–water partition coefficient (Wildman–Crippen LogP) is 2.48. The van der Waals surface area contributed by atoms with Gasteiger partial charge in [-0.05, 0) is 30.3 Å². The number of carbonyl (C=O) groups is 1. The van der Waals surface area contributed by atoms with Crippen LogP contribution in [0.15, 0.2) is 53.4 Å². The van der Waals surface area contributed by atoms with Crippen molar-refractivity contribution in [2.24, 2.45) is 0 Å². The zero-order chi connectivity index (χ0) is 21.2. The summed E-state index contributed by atoms with van der Waals surface area (Å²) in [4.78, 5) is 14.7. The van der Waals surface area contributed by atoms with Crippen LogP contribution >= 0.6 is 0 Å². The second-order valence-electron chi connectivity index (χ2n) is 7.23. The summed E-state index contributed by atoms with van der Waals surface area (Å²) in [6.07, 6.45) is 1.21. The first-order valence-electron chi connectivity index (χ1n) is 9.76. The summed E-state index contributed by atoms with van der Waals surface area (Å²) in [6, 6.07) is 12.8. The molecule has 0 unspecified atom stereocenters. The molecule has 2 aromatic rings. The summed E-state index contributed by atoms with van der Waals surface area (Å²) < 4.78 is 44.8. The molecule has 2 heterocycles. The number of rotatable bonds is 5. The number of carbonyl (C=O) groups excluding carboxylic acids is 1. The quantitative estimate of drug-likeness (QED) is 0.780. The average molecular weight is 432 g/mol. The molecule has 9 heteroatoms. The Kier molecular flexibility index (Phi) is 5.68. The maximum absolute atomic E-state index is 13.0. The van der Waals surface area contributed by atoms with Gasteiger partial charge in [0.25, 0.3) is 15.9 Å². The molecule has 2 aliphatic rings. The Morgan fingerprint density at radius 2 is 1.77 bits per heavy atom. The van der Waals surface area contributed by atoms with Crippen molar-refractivity contribution in [1.29, 1.82) is 0 Å². The molecule has 1 N–H and O–H groups in total. The van der Waals surface area contributed by atoms with Crippen LogP contribution in [0.5, 0.6) is 5.75 Å². The molecular formula is C21H24N2O6S. The lowest BCUT2D eigenvalue weighted by Crippen LogP contribution is -2.47. The number of methoxy groups -OCH3 is 1. The highest BCUT2D eigenvalue weighted by Crippen LogP contribution is 2.32. The van der Waals surface area contributed by atoms with Crippen LogP contribution in [0.4, 0.5) is 5.69 Å². The first-order chi connectivity index (χ1) is 14.4. The molecule has 4 rings (SSSR count). The van der Waals surface area contributed by atoms with Gasteiger partial charge in [0.2, 0.25) is 0 Å². The largest absolute Gasteiger partial charge is 0.495 e. The van der Waals surface area contributed by atoms with Crippen molar-refractivity contribution in [3.63, 3.8) is 0 Å². The van der Waals surface area contributed by atoms with Crippen LogP contribution in [0.3, 0.4) is 0 Å². The van der Waals surface area contributed by atoms with Gasteiger partial charge in [-0.25, -0.2) is 8.42 Å². The van der Waals surface area contributed by atoms with Crippen molar-refractivity contribution in [3.8, 4) is 5.75 Å². The van der Waals surface area contributed by atoms with E-state index in [9.17, 15) is 13.2 Å². The van der Waals surface area contributed by atoms with Crippen LogP contribution in [-0.2, 0) is 19.5 Å². The summed E-state index contributed by atoms with van der Waals surface area (Å²) in [5.74, 6) is -0.371. The standard InChI is InChI=1S/C21H24N2O6S/c1-27-19-8-3-2-7-18(19)22-30(25,26)17-6-4-5-16(15-17)20(24)23-11-9-21(10-12-23)28-13-14-29-21/h2-8,15,22H,9-14H2,1H3. The van der Waals surface area contributed by atoms with Gasteiger partial charge in [-0.1, -0.05) is 18.2 Å². The summed E-state index contributed by atoms with van der Waals surface area (Å²) in [5.41, 5.74) is 0.650. The van der Waals surface area contributed by atoms with Gasteiger partial charge in [0, 0.05) is 31.5 Å². The molecule has 30 heavy (non-hydrogen) atoms. The maximum atomic E-state index is 13.0. The van der Waals surface area contributed by atoms with E-state index in [1.165, 1.54) is 19.2 Å². The smallest absolute Gasteiger partial charge is 0.262 e. The summed E-state index contributed by atoms with van der Waals surface area (Å²) in [7, 11) is -2.42. The minimum atomic E-state index is -3.89. The van der Waals surface area contributed by atoms with Crippen LogP contribution < -0.4 is 9.46 Å². The van der Waals surface area contributed by atoms with E-state index in [1.54, 1.807) is 41.3 Å². The molecule has 0 saturated carbocycles. The van der Waals surface area contributed by atoms with Crippen LogP contribution in [-0.4, -0.2) is 58.4 Å². The van der Waals surface area contributed by atoms with Gasteiger partial charge in [-0.15, -0.1) is 0 Å². The predicted molar refractivity (Wildman–Crippen MR) is 110 cm³/mol. The first-order valence-corrected chi connectivity index (χ1v) is 11.2. The highest BCUT2D eigenvalue weighted by Gasteiger charge is 2.40. The number of amides is 1. The zero-order valence-corrected chi connectivity index (χ0v) is 17.5. The number of hydrogen-bond acceptors (Lipinski definition) is 6.